The Bertz CT molecular complexity index is 1000. The van der Waals surface area contributed by atoms with E-state index < -0.39 is 12.1 Å². The summed E-state index contributed by atoms with van der Waals surface area (Å²) < 4.78 is 10.8. The molecule has 0 bridgehead atoms. The third kappa shape index (κ3) is 3.48. The molecule has 6 nitrogen and oxygen atoms in total. The number of aromatic nitrogens is 2. The highest BCUT2D eigenvalue weighted by Gasteiger charge is 2.19. The van der Waals surface area contributed by atoms with Crippen molar-refractivity contribution in [3.63, 3.8) is 0 Å². The van der Waals surface area contributed by atoms with E-state index in [1.54, 1.807) is 31.2 Å². The average Bonchev–Trinajstić information content (AvgIpc) is 2.90. The lowest BCUT2D eigenvalue weighted by Crippen LogP contribution is -2.17. The van der Waals surface area contributed by atoms with Crippen LogP contribution in [0.5, 0.6) is 5.75 Å². The van der Waals surface area contributed by atoms with Gasteiger partial charge in [-0.2, -0.15) is 0 Å². The van der Waals surface area contributed by atoms with Crippen molar-refractivity contribution >= 4 is 27.5 Å². The van der Waals surface area contributed by atoms with E-state index in [1.807, 2.05) is 20.8 Å². The minimum atomic E-state index is -0.672. The van der Waals surface area contributed by atoms with Crippen LogP contribution in [-0.2, 0) is 4.74 Å². The number of hydrogen-bond donors (Lipinski definition) is 1. The van der Waals surface area contributed by atoms with E-state index in [9.17, 15) is 9.59 Å². The molecular formula is C19H20N2O4S. The second-order valence-corrected chi connectivity index (χ2v) is 7.12. The summed E-state index contributed by atoms with van der Waals surface area (Å²) in [6.07, 6.45) is -0.672. The van der Waals surface area contributed by atoms with Gasteiger partial charge in [-0.3, -0.25) is 4.79 Å². The lowest BCUT2D eigenvalue weighted by Gasteiger charge is -2.13. The Morgan fingerprint density at radius 2 is 1.96 bits per heavy atom. The third-order valence-electron chi connectivity index (χ3n) is 4.13. The number of aromatic amines is 1. The van der Waals surface area contributed by atoms with Crippen molar-refractivity contribution < 1.29 is 14.3 Å². The van der Waals surface area contributed by atoms with Gasteiger partial charge in [0, 0.05) is 4.88 Å². The van der Waals surface area contributed by atoms with Gasteiger partial charge in [-0.05, 0) is 57.5 Å². The summed E-state index contributed by atoms with van der Waals surface area (Å²) in [6.45, 7) is 8.00. The first-order valence-electron chi connectivity index (χ1n) is 8.34. The number of nitrogens with one attached hydrogen (secondary N) is 1. The maximum Gasteiger partial charge on any atom is 0.338 e. The Hall–Kier alpha value is -2.67. The molecule has 7 heteroatoms. The minimum absolute atomic E-state index is 0.212. The number of nitrogens with zero attached hydrogens (tertiary/aromatic N) is 1. The van der Waals surface area contributed by atoms with Crippen LogP contribution in [0.1, 0.15) is 46.6 Å². The number of ether oxygens (including phenoxy) is 2. The number of aryl methyl sites for hydroxylation is 2. The van der Waals surface area contributed by atoms with Gasteiger partial charge in [0.05, 0.1) is 17.6 Å². The molecule has 0 saturated carbocycles. The van der Waals surface area contributed by atoms with Crippen molar-refractivity contribution in [1.29, 1.82) is 0 Å². The van der Waals surface area contributed by atoms with E-state index in [0.29, 0.717) is 34.0 Å². The van der Waals surface area contributed by atoms with Crippen molar-refractivity contribution in [2.24, 2.45) is 0 Å². The van der Waals surface area contributed by atoms with Gasteiger partial charge in [0.25, 0.3) is 5.56 Å². The predicted octanol–water partition coefficient (Wildman–Crippen LogP) is 3.92. The van der Waals surface area contributed by atoms with Crippen LogP contribution in [0.4, 0.5) is 0 Å². The van der Waals surface area contributed by atoms with Gasteiger partial charge in [-0.1, -0.05) is 0 Å². The molecule has 3 aromatic rings. The average molecular weight is 372 g/mol. The van der Waals surface area contributed by atoms with Gasteiger partial charge in [-0.15, -0.1) is 11.3 Å². The van der Waals surface area contributed by atoms with Gasteiger partial charge in [0.2, 0.25) is 0 Å². The van der Waals surface area contributed by atoms with Crippen molar-refractivity contribution in [2.45, 2.75) is 33.8 Å². The predicted molar refractivity (Wildman–Crippen MR) is 101 cm³/mol. The summed E-state index contributed by atoms with van der Waals surface area (Å²) in [5.41, 5.74) is 1.13. The number of thiophene rings is 1. The molecule has 1 aromatic carbocycles. The molecule has 2 aromatic heterocycles. The van der Waals surface area contributed by atoms with Gasteiger partial charge in [0.15, 0.2) is 11.9 Å². The molecule has 136 valence electrons. The van der Waals surface area contributed by atoms with Gasteiger partial charge >= 0.3 is 5.97 Å². The molecule has 0 fully saturated rings. The first kappa shape index (κ1) is 18.1. The van der Waals surface area contributed by atoms with Gasteiger partial charge in [0.1, 0.15) is 10.6 Å². The Morgan fingerprint density at radius 3 is 2.62 bits per heavy atom. The van der Waals surface area contributed by atoms with Crippen LogP contribution in [0.2, 0.25) is 0 Å². The smallest absolute Gasteiger partial charge is 0.338 e. The fraction of sp³-hybridized carbons (Fsp3) is 0.316. The molecule has 1 unspecified atom stereocenters. The normalized spacial score (nSPS) is 12.2. The summed E-state index contributed by atoms with van der Waals surface area (Å²) in [4.78, 5) is 33.6. The number of esters is 1. The summed E-state index contributed by atoms with van der Waals surface area (Å²) in [5, 5.41) is 0.598. The zero-order valence-electron chi connectivity index (χ0n) is 15.1. The SMILES string of the molecule is CCOc1ccc(C(=O)OC(C)c2nc3sc(C)c(C)c3c(=O)[nH]2)cc1. The number of benzene rings is 1. The monoisotopic (exact) mass is 372 g/mol. The number of carbonyl (C=O) groups excluding carboxylic acids is 1. The Labute approximate surface area is 154 Å². The summed E-state index contributed by atoms with van der Waals surface area (Å²) in [5.74, 6) is 0.543. The van der Waals surface area contributed by atoms with E-state index >= 15 is 0 Å². The van der Waals surface area contributed by atoms with Crippen molar-refractivity contribution in [3.05, 3.63) is 56.4 Å². The Kier molecular flexibility index (Phi) is 5.08. The maximum atomic E-state index is 12.3. The molecule has 26 heavy (non-hydrogen) atoms. The van der Waals surface area contributed by atoms with Crippen LogP contribution < -0.4 is 10.3 Å². The highest BCUT2D eigenvalue weighted by molar-refractivity contribution is 7.18. The molecule has 0 aliphatic rings. The molecule has 3 rings (SSSR count). The van der Waals surface area contributed by atoms with E-state index in [4.69, 9.17) is 9.47 Å². The van der Waals surface area contributed by atoms with Crippen LogP contribution in [0, 0.1) is 13.8 Å². The van der Waals surface area contributed by atoms with Crippen LogP contribution in [0.15, 0.2) is 29.1 Å². The summed E-state index contributed by atoms with van der Waals surface area (Å²) in [6, 6.07) is 6.72. The number of H-pyrrole nitrogens is 1. The molecule has 0 spiro atoms. The Morgan fingerprint density at radius 1 is 1.27 bits per heavy atom. The second-order valence-electron chi connectivity index (χ2n) is 5.92. The lowest BCUT2D eigenvalue weighted by molar-refractivity contribution is 0.0320. The quantitative estimate of drug-likeness (QED) is 0.687. The van der Waals surface area contributed by atoms with Crippen molar-refractivity contribution in [3.8, 4) is 5.75 Å². The van der Waals surface area contributed by atoms with Crippen LogP contribution >= 0.6 is 11.3 Å². The minimum Gasteiger partial charge on any atom is -0.494 e. The molecule has 1 atom stereocenters. The van der Waals surface area contributed by atoms with Crippen LogP contribution in [-0.4, -0.2) is 22.5 Å². The first-order valence-corrected chi connectivity index (χ1v) is 9.16. The number of hydrogen-bond acceptors (Lipinski definition) is 6. The molecule has 0 radical (unpaired) electrons. The lowest BCUT2D eigenvalue weighted by atomic mass is 10.2. The maximum absolute atomic E-state index is 12.3. The number of carbonyl (C=O) groups is 1. The molecule has 2 heterocycles. The highest BCUT2D eigenvalue weighted by atomic mass is 32.1. The van der Waals surface area contributed by atoms with Gasteiger partial charge in [-0.25, -0.2) is 9.78 Å². The fourth-order valence-corrected chi connectivity index (χ4v) is 3.64. The molecule has 0 aliphatic heterocycles. The molecule has 0 amide bonds. The van der Waals surface area contributed by atoms with Crippen molar-refractivity contribution in [2.75, 3.05) is 6.61 Å². The highest BCUT2D eigenvalue weighted by Crippen LogP contribution is 2.27. The molecule has 0 saturated heterocycles. The topological polar surface area (TPSA) is 81.3 Å². The molecular weight excluding hydrogens is 352 g/mol. The van der Waals surface area contributed by atoms with E-state index in [1.165, 1.54) is 11.3 Å². The van der Waals surface area contributed by atoms with E-state index in [-0.39, 0.29) is 5.56 Å². The van der Waals surface area contributed by atoms with Crippen LogP contribution in [0.25, 0.3) is 10.2 Å². The first-order chi connectivity index (χ1) is 12.4. The summed E-state index contributed by atoms with van der Waals surface area (Å²) >= 11 is 1.46. The van der Waals surface area contributed by atoms with Crippen molar-refractivity contribution in [1.82, 2.24) is 9.97 Å². The number of fused-ring (bicyclic) bond motifs is 1. The molecule has 1 N–H and O–H groups in total. The Balaban J connectivity index is 1.81. The number of rotatable bonds is 5. The van der Waals surface area contributed by atoms with Crippen LogP contribution in [0.3, 0.4) is 0 Å². The fourth-order valence-electron chi connectivity index (χ4n) is 2.60. The summed E-state index contributed by atoms with van der Waals surface area (Å²) in [7, 11) is 0. The zero-order chi connectivity index (χ0) is 18.8. The van der Waals surface area contributed by atoms with E-state index in [2.05, 4.69) is 9.97 Å². The largest absolute Gasteiger partial charge is 0.494 e. The molecule has 0 aliphatic carbocycles. The third-order valence-corrected chi connectivity index (χ3v) is 5.23. The van der Waals surface area contributed by atoms with E-state index in [0.717, 1.165) is 10.4 Å². The zero-order valence-corrected chi connectivity index (χ0v) is 15.9. The second kappa shape index (κ2) is 7.29. The van der Waals surface area contributed by atoms with Gasteiger partial charge < -0.3 is 14.5 Å². The standard InChI is InChI=1S/C19H20N2O4S/c1-5-24-14-8-6-13(7-9-14)19(23)25-11(3)16-20-17(22)15-10(2)12(4)26-18(15)21-16/h6-9,11H,5H2,1-4H3,(H,20,21,22).